The molecule has 19 heavy (non-hydrogen) atoms. The molecule has 2 rings (SSSR count). The number of nitrogens with zero attached hydrogens (tertiary/aromatic N) is 1. The maximum absolute atomic E-state index is 12.0. The minimum absolute atomic E-state index is 0.0675. The molecule has 1 atom stereocenters. The van der Waals surface area contributed by atoms with Crippen LogP contribution in [-0.4, -0.2) is 22.0 Å². The molecule has 1 fully saturated rings. The zero-order valence-corrected chi connectivity index (χ0v) is 11.7. The van der Waals surface area contributed by atoms with Crippen LogP contribution < -0.4 is 5.32 Å². The Labute approximate surface area is 116 Å². The van der Waals surface area contributed by atoms with Crippen molar-refractivity contribution in [2.24, 2.45) is 5.41 Å². The fourth-order valence-corrected chi connectivity index (χ4v) is 3.27. The third kappa shape index (κ3) is 3.12. The highest BCUT2D eigenvalue weighted by Crippen LogP contribution is 2.41. The van der Waals surface area contributed by atoms with Crippen LogP contribution in [0.5, 0.6) is 0 Å². The number of rotatable bonds is 5. The van der Waals surface area contributed by atoms with Crippen molar-refractivity contribution in [2.75, 3.05) is 0 Å². The number of hydrogen-bond acceptors (Lipinski definition) is 4. The predicted octanol–water partition coefficient (Wildman–Crippen LogP) is 2.36. The number of thiazole rings is 1. The third-order valence-corrected chi connectivity index (χ3v) is 4.67. The monoisotopic (exact) mass is 282 g/mol. The van der Waals surface area contributed by atoms with Gasteiger partial charge in [-0.2, -0.15) is 0 Å². The highest BCUT2D eigenvalue weighted by atomic mass is 32.1. The maximum Gasteiger partial charge on any atom is 0.310 e. The third-order valence-electron chi connectivity index (χ3n) is 3.71. The van der Waals surface area contributed by atoms with Crippen molar-refractivity contribution in [1.29, 1.82) is 0 Å². The Morgan fingerprint density at radius 2 is 2.21 bits per heavy atom. The van der Waals surface area contributed by atoms with E-state index < -0.39 is 11.4 Å². The van der Waals surface area contributed by atoms with Crippen molar-refractivity contribution in [3.63, 3.8) is 0 Å². The second-order valence-electron chi connectivity index (χ2n) is 5.13. The molecule has 6 heteroatoms. The fraction of sp³-hybridized carbons (Fsp3) is 0.615. The molecule has 1 aromatic heterocycles. The number of aromatic nitrogens is 1. The van der Waals surface area contributed by atoms with Crippen molar-refractivity contribution in [3.8, 4) is 0 Å². The van der Waals surface area contributed by atoms with Gasteiger partial charge in [-0.25, -0.2) is 4.98 Å². The lowest BCUT2D eigenvalue weighted by Crippen LogP contribution is -2.36. The SMILES string of the molecule is CC(NC(=O)CC1(C(=O)O)CCCC1)c1nccs1. The number of hydrogen-bond donors (Lipinski definition) is 2. The van der Waals surface area contributed by atoms with Gasteiger partial charge < -0.3 is 10.4 Å². The summed E-state index contributed by atoms with van der Waals surface area (Å²) >= 11 is 1.48. The molecular formula is C13H18N2O3S. The van der Waals surface area contributed by atoms with Gasteiger partial charge in [-0.3, -0.25) is 9.59 Å². The van der Waals surface area contributed by atoms with Crippen LogP contribution in [0.3, 0.4) is 0 Å². The number of carbonyl (C=O) groups excluding carboxylic acids is 1. The lowest BCUT2D eigenvalue weighted by molar-refractivity contribution is -0.151. The molecular weight excluding hydrogens is 264 g/mol. The number of carbonyl (C=O) groups is 2. The summed E-state index contributed by atoms with van der Waals surface area (Å²) in [6.07, 6.45) is 4.74. The second kappa shape index (κ2) is 5.69. The summed E-state index contributed by atoms with van der Waals surface area (Å²) in [7, 11) is 0. The van der Waals surface area contributed by atoms with Gasteiger partial charge in [0.1, 0.15) is 5.01 Å². The summed E-state index contributed by atoms with van der Waals surface area (Å²) in [4.78, 5) is 27.5. The average molecular weight is 282 g/mol. The summed E-state index contributed by atoms with van der Waals surface area (Å²) in [5.74, 6) is -1.05. The Morgan fingerprint density at radius 3 is 2.74 bits per heavy atom. The van der Waals surface area contributed by atoms with Crippen LogP contribution >= 0.6 is 11.3 Å². The molecule has 0 spiro atoms. The van der Waals surface area contributed by atoms with Crippen LogP contribution in [0, 0.1) is 5.41 Å². The Morgan fingerprint density at radius 1 is 1.53 bits per heavy atom. The van der Waals surface area contributed by atoms with Gasteiger partial charge in [0.05, 0.1) is 11.5 Å². The first-order valence-corrected chi connectivity index (χ1v) is 7.34. The average Bonchev–Trinajstić information content (AvgIpc) is 2.99. The normalized spacial score (nSPS) is 19.0. The molecule has 1 amide bonds. The van der Waals surface area contributed by atoms with Crippen LogP contribution in [0.4, 0.5) is 0 Å². The number of amides is 1. The van der Waals surface area contributed by atoms with Crippen molar-refractivity contribution in [1.82, 2.24) is 10.3 Å². The largest absolute Gasteiger partial charge is 0.481 e. The molecule has 5 nitrogen and oxygen atoms in total. The molecule has 1 saturated carbocycles. The van der Waals surface area contributed by atoms with E-state index in [1.54, 1.807) is 6.20 Å². The number of carboxylic acids is 1. The molecule has 0 aromatic carbocycles. The van der Waals surface area contributed by atoms with Crippen LogP contribution in [0.2, 0.25) is 0 Å². The molecule has 104 valence electrons. The topological polar surface area (TPSA) is 79.3 Å². The van der Waals surface area contributed by atoms with Gasteiger partial charge in [-0.05, 0) is 19.8 Å². The minimum Gasteiger partial charge on any atom is -0.481 e. The predicted molar refractivity (Wildman–Crippen MR) is 71.8 cm³/mol. The van der Waals surface area contributed by atoms with E-state index in [0.29, 0.717) is 12.8 Å². The maximum atomic E-state index is 12.0. The van der Waals surface area contributed by atoms with Crippen molar-refractivity contribution in [3.05, 3.63) is 16.6 Å². The zero-order valence-electron chi connectivity index (χ0n) is 10.9. The number of nitrogens with one attached hydrogen (secondary N) is 1. The Bertz CT molecular complexity index is 452. The van der Waals surface area contributed by atoms with Gasteiger partial charge in [0.15, 0.2) is 0 Å². The molecule has 1 aromatic rings. The molecule has 2 N–H and O–H groups in total. The van der Waals surface area contributed by atoms with E-state index in [1.807, 2.05) is 12.3 Å². The van der Waals surface area contributed by atoms with E-state index >= 15 is 0 Å². The molecule has 0 bridgehead atoms. The van der Waals surface area contributed by atoms with E-state index in [-0.39, 0.29) is 18.4 Å². The molecule has 0 saturated heterocycles. The minimum atomic E-state index is -0.854. The molecule has 1 aliphatic rings. The zero-order chi connectivity index (χ0) is 13.9. The lowest BCUT2D eigenvalue weighted by atomic mass is 9.82. The van der Waals surface area contributed by atoms with E-state index in [2.05, 4.69) is 10.3 Å². The molecule has 0 radical (unpaired) electrons. The number of carboxylic acid groups (broad SMARTS) is 1. The summed E-state index contributed by atoms with van der Waals surface area (Å²) in [6.45, 7) is 1.86. The van der Waals surface area contributed by atoms with E-state index in [4.69, 9.17) is 0 Å². The number of aliphatic carboxylic acids is 1. The van der Waals surface area contributed by atoms with Gasteiger partial charge in [-0.1, -0.05) is 12.8 Å². The standard InChI is InChI=1S/C13H18N2O3S/c1-9(11-14-6-7-19-11)15-10(16)8-13(12(17)18)4-2-3-5-13/h6-7,9H,2-5,8H2,1H3,(H,15,16)(H,17,18). The summed E-state index contributed by atoms with van der Waals surface area (Å²) < 4.78 is 0. The Balaban J connectivity index is 1.95. The first-order valence-electron chi connectivity index (χ1n) is 6.46. The lowest BCUT2D eigenvalue weighted by Gasteiger charge is -2.23. The van der Waals surface area contributed by atoms with E-state index in [9.17, 15) is 14.7 Å². The molecule has 1 unspecified atom stereocenters. The Kier molecular flexibility index (Phi) is 4.19. The van der Waals surface area contributed by atoms with Gasteiger partial charge in [-0.15, -0.1) is 11.3 Å². The van der Waals surface area contributed by atoms with E-state index in [1.165, 1.54) is 11.3 Å². The quantitative estimate of drug-likeness (QED) is 0.869. The first-order chi connectivity index (χ1) is 9.03. The van der Waals surface area contributed by atoms with Gasteiger partial charge >= 0.3 is 5.97 Å². The van der Waals surface area contributed by atoms with Crippen molar-refractivity contribution < 1.29 is 14.7 Å². The second-order valence-corrected chi connectivity index (χ2v) is 6.06. The molecule has 1 aliphatic carbocycles. The molecule has 0 aliphatic heterocycles. The van der Waals surface area contributed by atoms with Crippen LogP contribution in [-0.2, 0) is 9.59 Å². The van der Waals surface area contributed by atoms with Gasteiger partial charge in [0, 0.05) is 18.0 Å². The van der Waals surface area contributed by atoms with Crippen molar-refractivity contribution in [2.45, 2.75) is 45.1 Å². The fourth-order valence-electron chi connectivity index (χ4n) is 2.63. The van der Waals surface area contributed by atoms with Crippen LogP contribution in [0.25, 0.3) is 0 Å². The summed E-state index contributed by atoms with van der Waals surface area (Å²) in [5.41, 5.74) is -0.854. The summed E-state index contributed by atoms with van der Waals surface area (Å²) in [6, 6.07) is -0.167. The summed E-state index contributed by atoms with van der Waals surface area (Å²) in [5, 5.41) is 14.9. The highest BCUT2D eigenvalue weighted by Gasteiger charge is 2.43. The van der Waals surface area contributed by atoms with Gasteiger partial charge in [0.25, 0.3) is 0 Å². The molecule has 1 heterocycles. The van der Waals surface area contributed by atoms with Gasteiger partial charge in [0.2, 0.25) is 5.91 Å². The van der Waals surface area contributed by atoms with Crippen LogP contribution in [0.15, 0.2) is 11.6 Å². The highest BCUT2D eigenvalue weighted by molar-refractivity contribution is 7.09. The van der Waals surface area contributed by atoms with Crippen LogP contribution in [0.1, 0.15) is 50.1 Å². The first kappa shape index (κ1) is 14.0. The van der Waals surface area contributed by atoms with E-state index in [0.717, 1.165) is 17.8 Å². The van der Waals surface area contributed by atoms with Crippen molar-refractivity contribution >= 4 is 23.2 Å². The Hall–Kier alpha value is -1.43. The smallest absolute Gasteiger partial charge is 0.310 e.